The van der Waals surface area contributed by atoms with E-state index in [0.29, 0.717) is 23.6 Å². The van der Waals surface area contributed by atoms with Gasteiger partial charge in [-0.05, 0) is 56.6 Å². The molecule has 2 aromatic rings. The first-order chi connectivity index (χ1) is 14.2. The first-order valence-corrected chi connectivity index (χ1v) is 10.6. The summed E-state index contributed by atoms with van der Waals surface area (Å²) in [7, 11) is 3.90. The standard InChI is InChI=1S/C24H32ClN3O2/c1-16(2)14-21(27-23(29)18-11-7-6-10-17(18)3)24(30)26-15-22(28(4)5)19-12-8-9-13-20(19)25/h6-13,16,21-22H,14-15H2,1-5H3,(H,26,30)(H,27,29). The minimum Gasteiger partial charge on any atom is -0.352 e. The van der Waals surface area contributed by atoms with Crippen LogP contribution in [-0.2, 0) is 4.79 Å². The van der Waals surface area contributed by atoms with E-state index >= 15 is 0 Å². The average Bonchev–Trinajstić information content (AvgIpc) is 2.68. The number of halogens is 1. The van der Waals surface area contributed by atoms with Crippen molar-refractivity contribution in [2.24, 2.45) is 5.92 Å². The summed E-state index contributed by atoms with van der Waals surface area (Å²) in [5.74, 6) is -0.167. The molecule has 0 fully saturated rings. The van der Waals surface area contributed by atoms with Gasteiger partial charge in [0.15, 0.2) is 0 Å². The van der Waals surface area contributed by atoms with E-state index in [2.05, 4.69) is 10.6 Å². The Bertz CT molecular complexity index is 867. The normalized spacial score (nSPS) is 13.2. The van der Waals surface area contributed by atoms with Crippen molar-refractivity contribution in [2.75, 3.05) is 20.6 Å². The summed E-state index contributed by atoms with van der Waals surface area (Å²) in [6, 6.07) is 14.3. The number of carbonyl (C=O) groups excluding carboxylic acids is 2. The number of carbonyl (C=O) groups is 2. The predicted molar refractivity (Wildman–Crippen MR) is 123 cm³/mol. The Morgan fingerprint density at radius 2 is 1.67 bits per heavy atom. The first-order valence-electron chi connectivity index (χ1n) is 10.3. The number of hydrogen-bond donors (Lipinski definition) is 2. The minimum atomic E-state index is -0.605. The van der Waals surface area contributed by atoms with Crippen LogP contribution in [0, 0.1) is 12.8 Å². The van der Waals surface area contributed by atoms with Crippen molar-refractivity contribution in [1.82, 2.24) is 15.5 Å². The molecule has 0 saturated heterocycles. The Morgan fingerprint density at radius 3 is 2.27 bits per heavy atom. The maximum absolute atomic E-state index is 13.0. The lowest BCUT2D eigenvalue weighted by Gasteiger charge is -2.27. The molecule has 0 aromatic heterocycles. The van der Waals surface area contributed by atoms with Gasteiger partial charge in [0.25, 0.3) is 5.91 Å². The van der Waals surface area contributed by atoms with Gasteiger partial charge in [-0.1, -0.05) is 61.8 Å². The Hall–Kier alpha value is -2.37. The van der Waals surface area contributed by atoms with Crippen molar-refractivity contribution < 1.29 is 9.59 Å². The number of rotatable bonds is 9. The molecule has 30 heavy (non-hydrogen) atoms. The fourth-order valence-corrected chi connectivity index (χ4v) is 3.66. The monoisotopic (exact) mass is 429 g/mol. The number of aryl methyl sites for hydroxylation is 1. The predicted octanol–water partition coefficient (Wildman–Crippen LogP) is 4.21. The molecule has 0 aliphatic rings. The molecule has 2 rings (SSSR count). The van der Waals surface area contributed by atoms with Crippen molar-refractivity contribution in [3.63, 3.8) is 0 Å². The highest BCUT2D eigenvalue weighted by Crippen LogP contribution is 2.25. The quantitative estimate of drug-likeness (QED) is 0.627. The van der Waals surface area contributed by atoms with Gasteiger partial charge in [-0.25, -0.2) is 0 Å². The molecule has 0 heterocycles. The molecule has 0 spiro atoms. The van der Waals surface area contributed by atoms with Gasteiger partial charge in [-0.2, -0.15) is 0 Å². The van der Waals surface area contributed by atoms with Gasteiger partial charge in [0.1, 0.15) is 6.04 Å². The van der Waals surface area contributed by atoms with E-state index in [1.54, 1.807) is 6.07 Å². The SMILES string of the molecule is Cc1ccccc1C(=O)NC(CC(C)C)C(=O)NCC(c1ccccc1Cl)N(C)C. The van der Waals surface area contributed by atoms with Crippen LogP contribution in [0.5, 0.6) is 0 Å². The van der Waals surface area contributed by atoms with Crippen molar-refractivity contribution in [3.8, 4) is 0 Å². The second kappa shape index (κ2) is 11.1. The van der Waals surface area contributed by atoms with Crippen molar-refractivity contribution >= 4 is 23.4 Å². The number of nitrogens with zero attached hydrogens (tertiary/aromatic N) is 1. The molecule has 2 unspecified atom stereocenters. The molecular formula is C24H32ClN3O2. The van der Waals surface area contributed by atoms with Crippen molar-refractivity contribution in [2.45, 2.75) is 39.3 Å². The molecule has 0 radical (unpaired) electrons. The summed E-state index contributed by atoms with van der Waals surface area (Å²) >= 11 is 6.36. The third-order valence-corrected chi connectivity index (χ3v) is 5.42. The Morgan fingerprint density at radius 1 is 1.03 bits per heavy atom. The summed E-state index contributed by atoms with van der Waals surface area (Å²) in [5.41, 5.74) is 2.42. The van der Waals surface area contributed by atoms with Gasteiger partial charge in [0, 0.05) is 17.1 Å². The Balaban J connectivity index is 2.11. The van der Waals surface area contributed by atoms with Crippen LogP contribution in [0.4, 0.5) is 0 Å². The molecule has 0 saturated carbocycles. The Labute approximate surface area is 184 Å². The minimum absolute atomic E-state index is 0.0746. The second-order valence-electron chi connectivity index (χ2n) is 8.22. The highest BCUT2D eigenvalue weighted by molar-refractivity contribution is 6.31. The van der Waals surface area contributed by atoms with Gasteiger partial charge in [-0.15, -0.1) is 0 Å². The number of hydrogen-bond acceptors (Lipinski definition) is 3. The van der Waals surface area contributed by atoms with E-state index in [0.717, 1.165) is 11.1 Å². The summed E-state index contributed by atoms with van der Waals surface area (Å²) in [5, 5.41) is 6.60. The van der Waals surface area contributed by atoms with Crippen LogP contribution in [0.1, 0.15) is 47.8 Å². The van der Waals surface area contributed by atoms with Crippen LogP contribution >= 0.6 is 11.6 Å². The van der Waals surface area contributed by atoms with Crippen LogP contribution in [-0.4, -0.2) is 43.4 Å². The zero-order valence-corrected chi connectivity index (χ0v) is 19.2. The lowest BCUT2D eigenvalue weighted by Crippen LogP contribution is -2.49. The van der Waals surface area contributed by atoms with Crippen molar-refractivity contribution in [3.05, 3.63) is 70.2 Å². The van der Waals surface area contributed by atoms with E-state index in [4.69, 9.17) is 11.6 Å². The molecule has 2 aromatic carbocycles. The third kappa shape index (κ3) is 6.57. The highest BCUT2D eigenvalue weighted by atomic mass is 35.5. The largest absolute Gasteiger partial charge is 0.352 e. The van der Waals surface area contributed by atoms with Crippen molar-refractivity contribution in [1.29, 1.82) is 0 Å². The molecule has 5 nitrogen and oxygen atoms in total. The van der Waals surface area contributed by atoms with Crippen LogP contribution in [0.2, 0.25) is 5.02 Å². The van der Waals surface area contributed by atoms with Gasteiger partial charge in [-0.3, -0.25) is 9.59 Å². The molecule has 0 aliphatic carbocycles. The highest BCUT2D eigenvalue weighted by Gasteiger charge is 2.25. The topological polar surface area (TPSA) is 61.4 Å². The molecule has 162 valence electrons. The van der Waals surface area contributed by atoms with Crippen LogP contribution in [0.3, 0.4) is 0 Å². The van der Waals surface area contributed by atoms with E-state index < -0.39 is 6.04 Å². The van der Waals surface area contributed by atoms with E-state index in [9.17, 15) is 9.59 Å². The fraction of sp³-hybridized carbons (Fsp3) is 0.417. The maximum atomic E-state index is 13.0. The van der Waals surface area contributed by atoms with Crippen LogP contribution in [0.25, 0.3) is 0 Å². The first kappa shape index (κ1) is 23.9. The van der Waals surface area contributed by atoms with Gasteiger partial charge >= 0.3 is 0 Å². The lowest BCUT2D eigenvalue weighted by atomic mass is 10.0. The summed E-state index contributed by atoms with van der Waals surface area (Å²) in [4.78, 5) is 27.8. The molecular weight excluding hydrogens is 398 g/mol. The molecule has 0 bridgehead atoms. The summed E-state index contributed by atoms with van der Waals surface area (Å²) in [6.45, 7) is 6.35. The number of amides is 2. The smallest absolute Gasteiger partial charge is 0.252 e. The molecule has 0 aliphatic heterocycles. The van der Waals surface area contributed by atoms with Crippen LogP contribution < -0.4 is 10.6 Å². The average molecular weight is 430 g/mol. The lowest BCUT2D eigenvalue weighted by molar-refractivity contribution is -0.123. The molecule has 2 amide bonds. The molecule has 2 N–H and O–H groups in total. The zero-order valence-electron chi connectivity index (χ0n) is 18.4. The molecule has 2 atom stereocenters. The maximum Gasteiger partial charge on any atom is 0.252 e. The van der Waals surface area contributed by atoms with Gasteiger partial charge in [0.05, 0.1) is 6.04 Å². The fourth-order valence-electron chi connectivity index (χ4n) is 3.40. The zero-order chi connectivity index (χ0) is 22.3. The molecule has 6 heteroatoms. The number of likely N-dealkylation sites (N-methyl/N-ethyl adjacent to an activating group) is 1. The van der Waals surface area contributed by atoms with Gasteiger partial charge in [0.2, 0.25) is 5.91 Å². The summed E-state index contributed by atoms with van der Waals surface area (Å²) in [6.07, 6.45) is 0.558. The third-order valence-electron chi connectivity index (χ3n) is 5.08. The van der Waals surface area contributed by atoms with E-state index in [1.165, 1.54) is 0 Å². The van der Waals surface area contributed by atoms with E-state index in [-0.39, 0.29) is 23.8 Å². The van der Waals surface area contributed by atoms with Gasteiger partial charge < -0.3 is 15.5 Å². The second-order valence-corrected chi connectivity index (χ2v) is 8.62. The van der Waals surface area contributed by atoms with Crippen LogP contribution in [0.15, 0.2) is 48.5 Å². The number of nitrogens with one attached hydrogen (secondary N) is 2. The number of benzene rings is 2. The Kier molecular flexibility index (Phi) is 8.88. The van der Waals surface area contributed by atoms with E-state index in [1.807, 2.05) is 82.2 Å². The summed E-state index contributed by atoms with van der Waals surface area (Å²) < 4.78 is 0.